The zero-order valence-electron chi connectivity index (χ0n) is 11.3. The van der Waals surface area contributed by atoms with Gasteiger partial charge in [0.05, 0.1) is 7.11 Å². The molecule has 0 fully saturated rings. The Kier molecular flexibility index (Phi) is 6.94. The molecule has 0 spiro atoms. The molecule has 3 nitrogen and oxygen atoms in total. The topological polar surface area (TPSA) is 30.5 Å². The van der Waals surface area contributed by atoms with Crippen LogP contribution in [0.3, 0.4) is 0 Å². The Morgan fingerprint density at radius 1 is 1.37 bits per heavy atom. The second-order valence-electron chi connectivity index (χ2n) is 4.00. The number of nitrogens with one attached hydrogen (secondary N) is 1. The fourth-order valence-electron chi connectivity index (χ4n) is 1.58. The number of rotatable bonds is 8. The average Bonchev–Trinajstić information content (AvgIpc) is 2.39. The van der Waals surface area contributed by atoms with Gasteiger partial charge in [-0.1, -0.05) is 19.1 Å². The lowest BCUT2D eigenvalue weighted by Crippen LogP contribution is -2.22. The van der Waals surface area contributed by atoms with Crippen molar-refractivity contribution in [3.05, 3.63) is 23.8 Å². The SMILES string of the molecule is COc1cccc(CNCC(C)SC)c1OC(F)F. The molecule has 1 atom stereocenters. The molecule has 0 saturated carbocycles. The number of hydrogen-bond acceptors (Lipinski definition) is 4. The summed E-state index contributed by atoms with van der Waals surface area (Å²) in [6.45, 7) is 0.497. The number of ether oxygens (including phenoxy) is 2. The van der Waals surface area contributed by atoms with E-state index in [0.29, 0.717) is 23.1 Å². The molecule has 108 valence electrons. The van der Waals surface area contributed by atoms with Gasteiger partial charge >= 0.3 is 6.61 Å². The molecule has 0 saturated heterocycles. The summed E-state index contributed by atoms with van der Waals surface area (Å²) in [5, 5.41) is 3.68. The summed E-state index contributed by atoms with van der Waals surface area (Å²) in [5.41, 5.74) is 0.660. The van der Waals surface area contributed by atoms with Gasteiger partial charge in [0.25, 0.3) is 0 Å². The predicted octanol–water partition coefficient (Wildman–Crippen LogP) is 3.14. The molecule has 0 amide bonds. The van der Waals surface area contributed by atoms with Crippen LogP contribution in [-0.4, -0.2) is 31.8 Å². The molecular formula is C13H19F2NO2S. The number of halogens is 2. The number of thioether (sulfide) groups is 1. The van der Waals surface area contributed by atoms with E-state index in [0.717, 1.165) is 6.54 Å². The van der Waals surface area contributed by atoms with Gasteiger partial charge in [0.1, 0.15) is 0 Å². The van der Waals surface area contributed by atoms with Gasteiger partial charge in [-0.15, -0.1) is 0 Å². The fraction of sp³-hybridized carbons (Fsp3) is 0.538. The van der Waals surface area contributed by atoms with Crippen molar-refractivity contribution in [3.63, 3.8) is 0 Å². The van der Waals surface area contributed by atoms with Crippen LogP contribution in [0.25, 0.3) is 0 Å². The van der Waals surface area contributed by atoms with Crippen molar-refractivity contribution >= 4 is 11.8 Å². The number of benzene rings is 1. The maximum absolute atomic E-state index is 12.4. The van der Waals surface area contributed by atoms with Gasteiger partial charge in [-0.05, 0) is 12.3 Å². The van der Waals surface area contributed by atoms with Crippen LogP contribution in [0.5, 0.6) is 11.5 Å². The van der Waals surface area contributed by atoms with Crippen LogP contribution in [0.2, 0.25) is 0 Å². The van der Waals surface area contributed by atoms with E-state index in [9.17, 15) is 8.78 Å². The standard InChI is InChI=1S/C13H19F2NO2S/c1-9(19-3)7-16-8-10-5-4-6-11(17-2)12(10)18-13(14)15/h4-6,9,13,16H,7-8H2,1-3H3. The summed E-state index contributed by atoms with van der Waals surface area (Å²) in [5.74, 6) is 0.418. The molecule has 0 aliphatic carbocycles. The van der Waals surface area contributed by atoms with Crippen molar-refractivity contribution in [3.8, 4) is 11.5 Å². The Morgan fingerprint density at radius 2 is 2.11 bits per heavy atom. The summed E-state index contributed by atoms with van der Waals surface area (Å²) in [6, 6.07) is 5.11. The Morgan fingerprint density at radius 3 is 2.68 bits per heavy atom. The first-order valence-electron chi connectivity index (χ1n) is 5.92. The largest absolute Gasteiger partial charge is 0.493 e. The number of methoxy groups -OCH3 is 1. The summed E-state index contributed by atoms with van der Waals surface area (Å²) >= 11 is 1.74. The van der Waals surface area contributed by atoms with Crippen molar-refractivity contribution in [2.45, 2.75) is 25.3 Å². The summed E-state index contributed by atoms with van der Waals surface area (Å²) in [4.78, 5) is 0. The molecule has 19 heavy (non-hydrogen) atoms. The van der Waals surface area contributed by atoms with Crippen molar-refractivity contribution < 1.29 is 18.3 Å². The van der Waals surface area contributed by atoms with Crippen molar-refractivity contribution in [1.82, 2.24) is 5.32 Å². The van der Waals surface area contributed by atoms with E-state index in [1.54, 1.807) is 30.0 Å². The van der Waals surface area contributed by atoms with E-state index >= 15 is 0 Å². The molecule has 1 aromatic carbocycles. The molecule has 0 bridgehead atoms. The van der Waals surface area contributed by atoms with E-state index in [2.05, 4.69) is 17.0 Å². The average molecular weight is 291 g/mol. The lowest BCUT2D eigenvalue weighted by molar-refractivity contribution is -0.0518. The molecule has 0 aromatic heterocycles. The number of hydrogen-bond donors (Lipinski definition) is 1. The van der Waals surface area contributed by atoms with Crippen LogP contribution < -0.4 is 14.8 Å². The predicted molar refractivity (Wildman–Crippen MR) is 74.3 cm³/mol. The summed E-state index contributed by atoms with van der Waals surface area (Å²) < 4.78 is 34.4. The van der Waals surface area contributed by atoms with Crippen LogP contribution in [0.4, 0.5) is 8.78 Å². The summed E-state index contributed by atoms with van der Waals surface area (Å²) in [7, 11) is 1.43. The van der Waals surface area contributed by atoms with Crippen molar-refractivity contribution in [2.24, 2.45) is 0 Å². The molecule has 0 aliphatic heterocycles. The highest BCUT2D eigenvalue weighted by Gasteiger charge is 2.15. The quantitative estimate of drug-likeness (QED) is 0.797. The van der Waals surface area contributed by atoms with Gasteiger partial charge in [-0.25, -0.2) is 0 Å². The number of para-hydroxylation sites is 1. The minimum absolute atomic E-state index is 0.101. The third kappa shape index (κ3) is 5.24. The third-order valence-electron chi connectivity index (χ3n) is 2.64. The Hall–Kier alpha value is -1.01. The van der Waals surface area contributed by atoms with Gasteiger partial charge in [-0.2, -0.15) is 20.5 Å². The maximum atomic E-state index is 12.4. The number of alkyl halides is 2. The molecule has 0 radical (unpaired) electrons. The molecule has 0 aliphatic rings. The minimum atomic E-state index is -2.86. The highest BCUT2D eigenvalue weighted by molar-refractivity contribution is 7.99. The fourth-order valence-corrected chi connectivity index (χ4v) is 1.86. The molecule has 1 aromatic rings. The normalized spacial score (nSPS) is 12.5. The smallest absolute Gasteiger partial charge is 0.387 e. The van der Waals surface area contributed by atoms with E-state index < -0.39 is 6.61 Å². The van der Waals surface area contributed by atoms with Crippen molar-refractivity contribution in [1.29, 1.82) is 0 Å². The summed E-state index contributed by atoms with van der Waals surface area (Å²) in [6.07, 6.45) is 2.03. The molecule has 1 N–H and O–H groups in total. The first-order chi connectivity index (χ1) is 9.08. The van der Waals surface area contributed by atoms with E-state index in [-0.39, 0.29) is 5.75 Å². The Labute approximate surface area is 116 Å². The van der Waals surface area contributed by atoms with Gasteiger partial charge in [0.15, 0.2) is 11.5 Å². The lowest BCUT2D eigenvalue weighted by Gasteiger charge is -2.15. The zero-order chi connectivity index (χ0) is 14.3. The third-order valence-corrected chi connectivity index (χ3v) is 3.61. The Balaban J connectivity index is 2.75. The first kappa shape index (κ1) is 16.0. The van der Waals surface area contributed by atoms with Crippen molar-refractivity contribution in [2.75, 3.05) is 19.9 Å². The molecular weight excluding hydrogens is 272 g/mol. The molecule has 6 heteroatoms. The zero-order valence-corrected chi connectivity index (χ0v) is 12.1. The van der Waals surface area contributed by atoms with Gasteiger partial charge < -0.3 is 14.8 Å². The van der Waals surface area contributed by atoms with Crippen LogP contribution in [0.1, 0.15) is 12.5 Å². The monoisotopic (exact) mass is 291 g/mol. The van der Waals surface area contributed by atoms with Crippen LogP contribution in [0, 0.1) is 0 Å². The second-order valence-corrected chi connectivity index (χ2v) is 5.28. The highest BCUT2D eigenvalue weighted by Crippen LogP contribution is 2.32. The first-order valence-corrected chi connectivity index (χ1v) is 7.21. The second kappa shape index (κ2) is 8.22. The van der Waals surface area contributed by atoms with Gasteiger partial charge in [0, 0.05) is 23.9 Å². The van der Waals surface area contributed by atoms with E-state index in [1.807, 2.05) is 6.26 Å². The minimum Gasteiger partial charge on any atom is -0.493 e. The molecule has 1 rings (SSSR count). The van der Waals surface area contributed by atoms with Gasteiger partial charge in [0.2, 0.25) is 0 Å². The molecule has 1 unspecified atom stereocenters. The van der Waals surface area contributed by atoms with Gasteiger partial charge in [-0.3, -0.25) is 0 Å². The van der Waals surface area contributed by atoms with Crippen LogP contribution in [0.15, 0.2) is 18.2 Å². The van der Waals surface area contributed by atoms with Crippen LogP contribution >= 0.6 is 11.8 Å². The Bertz CT molecular complexity index is 391. The highest BCUT2D eigenvalue weighted by atomic mass is 32.2. The maximum Gasteiger partial charge on any atom is 0.387 e. The van der Waals surface area contributed by atoms with E-state index in [4.69, 9.17) is 4.74 Å². The molecule has 0 heterocycles. The lowest BCUT2D eigenvalue weighted by atomic mass is 10.2. The van der Waals surface area contributed by atoms with E-state index in [1.165, 1.54) is 7.11 Å². The van der Waals surface area contributed by atoms with Crippen LogP contribution in [-0.2, 0) is 6.54 Å².